The molecule has 1 N–H and O–H groups in total. The van der Waals surface area contributed by atoms with Gasteiger partial charge in [-0.1, -0.05) is 0 Å². The van der Waals surface area contributed by atoms with E-state index in [4.69, 9.17) is 0 Å². The predicted octanol–water partition coefficient (Wildman–Crippen LogP) is -0.283. The van der Waals surface area contributed by atoms with Gasteiger partial charge in [-0.05, 0) is 6.92 Å². The third-order valence-electron chi connectivity index (χ3n) is 0.869. The number of hydrogen-bond donors (Lipinski definition) is 1. The molecule has 0 saturated heterocycles. The Hall–Kier alpha value is -0.860. The molecule has 3 heteroatoms. The number of aromatic nitrogens is 3. The van der Waals surface area contributed by atoms with Gasteiger partial charge in [-0.3, -0.25) is 0 Å². The van der Waals surface area contributed by atoms with E-state index in [1.807, 2.05) is 10.9 Å². The molecule has 7 heavy (non-hydrogen) atoms. The van der Waals surface area contributed by atoms with Crippen LogP contribution in [0.1, 0.15) is 6.92 Å². The van der Waals surface area contributed by atoms with Crippen molar-refractivity contribution in [2.45, 2.75) is 13.5 Å². The molecule has 0 saturated carbocycles. The highest BCUT2D eigenvalue weighted by atomic mass is 15.2. The molecule has 0 aromatic carbocycles. The number of nitrogens with zero attached hydrogens (tertiary/aromatic N) is 2. The predicted molar refractivity (Wildman–Crippen MR) is 24.5 cm³/mol. The standard InChI is InChI=1S/C4H7N3/c1-2-7-3-5-6-4-7/h3-4H,2H2,1H3/p+1. The molecule has 1 aromatic heterocycles. The van der Waals surface area contributed by atoms with Crippen molar-refractivity contribution in [3.63, 3.8) is 0 Å². The average molecular weight is 98.1 g/mol. The summed E-state index contributed by atoms with van der Waals surface area (Å²) < 4.78 is 1.96. The van der Waals surface area contributed by atoms with Gasteiger partial charge in [-0.25, -0.2) is 4.57 Å². The maximum atomic E-state index is 3.73. The zero-order valence-corrected chi connectivity index (χ0v) is 4.26. The summed E-state index contributed by atoms with van der Waals surface area (Å²) in [7, 11) is 0. The summed E-state index contributed by atoms with van der Waals surface area (Å²) in [4.78, 5) is 0. The van der Waals surface area contributed by atoms with Crippen molar-refractivity contribution < 1.29 is 4.57 Å². The Labute approximate surface area is 42.0 Å². The number of H-pyrrole nitrogens is 1. The van der Waals surface area contributed by atoms with Gasteiger partial charge in [0.05, 0.1) is 6.54 Å². The smallest absolute Gasteiger partial charge is 0.238 e. The van der Waals surface area contributed by atoms with Crippen molar-refractivity contribution in [2.24, 2.45) is 0 Å². The van der Waals surface area contributed by atoms with Gasteiger partial charge in [0.2, 0.25) is 6.33 Å². The van der Waals surface area contributed by atoms with E-state index in [-0.39, 0.29) is 0 Å². The van der Waals surface area contributed by atoms with Crippen molar-refractivity contribution in [1.82, 2.24) is 10.2 Å². The molecule has 1 heterocycles. The second-order valence-electron chi connectivity index (χ2n) is 1.33. The van der Waals surface area contributed by atoms with E-state index in [0.29, 0.717) is 0 Å². The largest absolute Gasteiger partial charge is 0.264 e. The molecular weight excluding hydrogens is 90.1 g/mol. The third-order valence-corrected chi connectivity index (χ3v) is 0.869. The van der Waals surface area contributed by atoms with Crippen LogP contribution in [-0.2, 0) is 6.54 Å². The quantitative estimate of drug-likeness (QED) is 0.481. The minimum atomic E-state index is 0.983. The van der Waals surface area contributed by atoms with Gasteiger partial charge in [0.15, 0.2) is 0 Å². The number of nitrogens with one attached hydrogen (secondary N) is 1. The van der Waals surface area contributed by atoms with E-state index in [1.165, 1.54) is 0 Å². The summed E-state index contributed by atoms with van der Waals surface area (Å²) >= 11 is 0. The number of hydrogen-bond acceptors (Lipinski definition) is 1. The van der Waals surface area contributed by atoms with E-state index >= 15 is 0 Å². The Balaban J connectivity index is 2.76. The lowest BCUT2D eigenvalue weighted by Gasteiger charge is -1.78. The van der Waals surface area contributed by atoms with Crippen LogP contribution in [0.2, 0.25) is 0 Å². The van der Waals surface area contributed by atoms with Gasteiger partial charge in [-0.2, -0.15) is 0 Å². The van der Waals surface area contributed by atoms with Crippen LogP contribution in [-0.4, -0.2) is 10.2 Å². The third kappa shape index (κ3) is 0.765. The molecule has 0 amide bonds. The van der Waals surface area contributed by atoms with Crippen molar-refractivity contribution >= 4 is 0 Å². The summed E-state index contributed by atoms with van der Waals surface area (Å²) in [6, 6.07) is 0. The lowest BCUT2D eigenvalue weighted by atomic mass is 10.7. The second-order valence-corrected chi connectivity index (χ2v) is 1.33. The second kappa shape index (κ2) is 1.73. The Morgan fingerprint density at radius 1 is 1.86 bits per heavy atom. The lowest BCUT2D eigenvalue weighted by Crippen LogP contribution is -2.28. The first kappa shape index (κ1) is 4.30. The summed E-state index contributed by atoms with van der Waals surface area (Å²) in [5.74, 6) is 0. The van der Waals surface area contributed by atoms with Crippen molar-refractivity contribution in [1.29, 1.82) is 0 Å². The molecule has 3 nitrogen and oxygen atoms in total. The molecule has 0 atom stereocenters. The molecule has 0 spiro atoms. The van der Waals surface area contributed by atoms with Crippen molar-refractivity contribution in [2.75, 3.05) is 0 Å². The normalized spacial score (nSPS) is 9.29. The Morgan fingerprint density at radius 3 is 3.00 bits per heavy atom. The minimum Gasteiger partial charge on any atom is -0.238 e. The van der Waals surface area contributed by atoms with E-state index < -0.39 is 0 Å². The molecule has 0 unspecified atom stereocenters. The molecule has 0 aliphatic carbocycles. The fraction of sp³-hybridized carbons (Fsp3) is 0.500. The summed E-state index contributed by atoms with van der Waals surface area (Å²) in [6.45, 7) is 3.05. The molecule has 0 bridgehead atoms. The molecule has 0 radical (unpaired) electrons. The first-order chi connectivity index (χ1) is 3.43. The fourth-order valence-corrected chi connectivity index (χ4v) is 0.421. The van der Waals surface area contributed by atoms with Gasteiger partial charge in [-0.15, -0.1) is 5.10 Å². The molecule has 1 aromatic rings. The van der Waals surface area contributed by atoms with Crippen LogP contribution >= 0.6 is 0 Å². The molecule has 0 fully saturated rings. The number of aromatic amines is 1. The molecule has 38 valence electrons. The molecular formula is C4H8N3+. The Morgan fingerprint density at radius 2 is 2.71 bits per heavy atom. The number of aryl methyl sites for hydroxylation is 1. The summed E-state index contributed by atoms with van der Waals surface area (Å²) in [5.41, 5.74) is 0. The van der Waals surface area contributed by atoms with Crippen molar-refractivity contribution in [3.8, 4) is 0 Å². The van der Waals surface area contributed by atoms with Gasteiger partial charge in [0.25, 0.3) is 6.33 Å². The minimum absolute atomic E-state index is 0.983. The molecule has 0 aliphatic heterocycles. The van der Waals surface area contributed by atoms with Crippen LogP contribution in [0.5, 0.6) is 0 Å². The van der Waals surface area contributed by atoms with E-state index in [2.05, 4.69) is 17.1 Å². The monoisotopic (exact) mass is 98.1 g/mol. The van der Waals surface area contributed by atoms with Gasteiger partial charge in [0, 0.05) is 5.10 Å². The summed E-state index contributed by atoms with van der Waals surface area (Å²) in [5, 5.41) is 6.42. The van der Waals surface area contributed by atoms with Crippen LogP contribution in [0.4, 0.5) is 0 Å². The van der Waals surface area contributed by atoms with E-state index in [9.17, 15) is 0 Å². The van der Waals surface area contributed by atoms with Crippen LogP contribution < -0.4 is 4.57 Å². The SMILES string of the molecule is CC[n+]1cn[nH]c1. The first-order valence-electron chi connectivity index (χ1n) is 2.31. The maximum absolute atomic E-state index is 3.73. The van der Waals surface area contributed by atoms with Gasteiger partial charge in [0.1, 0.15) is 0 Å². The average Bonchev–Trinajstić information content (AvgIpc) is 2.14. The molecule has 0 aliphatic rings. The fourth-order valence-electron chi connectivity index (χ4n) is 0.421. The Bertz CT molecular complexity index is 121. The van der Waals surface area contributed by atoms with Gasteiger partial charge >= 0.3 is 0 Å². The van der Waals surface area contributed by atoms with Crippen LogP contribution in [0.25, 0.3) is 0 Å². The zero-order valence-electron chi connectivity index (χ0n) is 4.26. The van der Waals surface area contributed by atoms with Gasteiger partial charge < -0.3 is 0 Å². The van der Waals surface area contributed by atoms with Crippen molar-refractivity contribution in [3.05, 3.63) is 12.7 Å². The number of rotatable bonds is 1. The highest BCUT2D eigenvalue weighted by Gasteiger charge is 1.87. The van der Waals surface area contributed by atoms with E-state index in [1.54, 1.807) is 6.33 Å². The topological polar surface area (TPSA) is 32.6 Å². The summed E-state index contributed by atoms with van der Waals surface area (Å²) in [6.07, 6.45) is 3.57. The highest BCUT2D eigenvalue weighted by Crippen LogP contribution is 1.59. The van der Waals surface area contributed by atoms with Crippen LogP contribution in [0.15, 0.2) is 12.7 Å². The lowest BCUT2D eigenvalue weighted by molar-refractivity contribution is -0.693. The van der Waals surface area contributed by atoms with Crippen LogP contribution in [0.3, 0.4) is 0 Å². The molecule has 1 rings (SSSR count). The maximum Gasteiger partial charge on any atom is 0.264 e. The zero-order chi connectivity index (χ0) is 5.11. The highest BCUT2D eigenvalue weighted by molar-refractivity contribution is 4.27. The first-order valence-corrected chi connectivity index (χ1v) is 2.31. The van der Waals surface area contributed by atoms with Crippen LogP contribution in [0, 0.1) is 0 Å². The van der Waals surface area contributed by atoms with E-state index in [0.717, 1.165) is 6.54 Å². The Kier molecular flexibility index (Phi) is 1.06.